The lowest BCUT2D eigenvalue weighted by Crippen LogP contribution is -2.27. The van der Waals surface area contributed by atoms with E-state index in [0.29, 0.717) is 5.69 Å². The number of para-hydroxylation sites is 1. The van der Waals surface area contributed by atoms with Crippen LogP contribution in [-0.4, -0.2) is 11.7 Å². The molecule has 0 aliphatic heterocycles. The first-order valence-corrected chi connectivity index (χ1v) is 7.91. The number of furan rings is 1. The molecule has 0 atom stereocenters. The van der Waals surface area contributed by atoms with E-state index in [9.17, 15) is 4.79 Å². The zero-order chi connectivity index (χ0) is 17.3. The highest BCUT2D eigenvalue weighted by molar-refractivity contribution is 5.87. The first-order chi connectivity index (χ1) is 11.3. The second kappa shape index (κ2) is 6.04. The molecule has 0 radical (unpaired) electrons. The van der Waals surface area contributed by atoms with Gasteiger partial charge in [0.05, 0.1) is 0 Å². The highest BCUT2D eigenvalue weighted by Gasteiger charge is 2.16. The van der Waals surface area contributed by atoms with Crippen LogP contribution in [0.3, 0.4) is 0 Å². The van der Waals surface area contributed by atoms with E-state index >= 15 is 0 Å². The Bertz CT molecular complexity index is 854. The van der Waals surface area contributed by atoms with Crippen LogP contribution in [0.25, 0.3) is 22.3 Å². The van der Waals surface area contributed by atoms with E-state index < -0.39 is 11.7 Å². The zero-order valence-electron chi connectivity index (χ0n) is 14.3. The molecule has 3 rings (SSSR count). The summed E-state index contributed by atoms with van der Waals surface area (Å²) < 4.78 is 11.2. The van der Waals surface area contributed by atoms with Crippen molar-refractivity contribution in [2.24, 2.45) is 0 Å². The molecule has 1 heterocycles. The van der Waals surface area contributed by atoms with Gasteiger partial charge in [-0.1, -0.05) is 18.2 Å². The van der Waals surface area contributed by atoms with Gasteiger partial charge in [-0.3, -0.25) is 5.32 Å². The Kier molecular flexibility index (Phi) is 4.06. The summed E-state index contributed by atoms with van der Waals surface area (Å²) in [6.07, 6.45) is -0.460. The first kappa shape index (κ1) is 16.1. The van der Waals surface area contributed by atoms with Crippen molar-refractivity contribution < 1.29 is 13.9 Å². The van der Waals surface area contributed by atoms with Crippen LogP contribution in [0.5, 0.6) is 0 Å². The van der Waals surface area contributed by atoms with Crippen molar-refractivity contribution in [3.05, 3.63) is 54.1 Å². The number of anilines is 1. The molecule has 0 spiro atoms. The number of amides is 1. The van der Waals surface area contributed by atoms with Gasteiger partial charge in [0.1, 0.15) is 16.9 Å². The van der Waals surface area contributed by atoms with Crippen molar-refractivity contribution in [2.45, 2.75) is 33.3 Å². The molecule has 0 unspecified atom stereocenters. The van der Waals surface area contributed by atoms with Crippen LogP contribution >= 0.6 is 0 Å². The summed E-state index contributed by atoms with van der Waals surface area (Å²) in [4.78, 5) is 11.9. The van der Waals surface area contributed by atoms with Crippen molar-refractivity contribution in [1.29, 1.82) is 0 Å². The molecule has 1 N–H and O–H groups in total. The van der Waals surface area contributed by atoms with E-state index in [1.807, 2.05) is 76.2 Å². The number of benzene rings is 2. The predicted octanol–water partition coefficient (Wildman–Crippen LogP) is 5.76. The average molecular weight is 323 g/mol. The van der Waals surface area contributed by atoms with Crippen LogP contribution in [0.15, 0.2) is 52.9 Å². The average Bonchev–Trinajstić information content (AvgIpc) is 2.88. The van der Waals surface area contributed by atoms with E-state index in [0.717, 1.165) is 27.9 Å². The van der Waals surface area contributed by atoms with Gasteiger partial charge in [-0.2, -0.15) is 0 Å². The van der Waals surface area contributed by atoms with E-state index in [1.165, 1.54) is 0 Å². The lowest BCUT2D eigenvalue weighted by Gasteiger charge is -2.19. The van der Waals surface area contributed by atoms with Gasteiger partial charge in [0.2, 0.25) is 0 Å². The van der Waals surface area contributed by atoms with Gasteiger partial charge < -0.3 is 9.15 Å². The Morgan fingerprint density at radius 3 is 2.50 bits per heavy atom. The molecule has 0 bridgehead atoms. The largest absolute Gasteiger partial charge is 0.456 e. The summed E-state index contributed by atoms with van der Waals surface area (Å²) in [5.74, 6) is 0.817. The number of carbonyl (C=O) groups is 1. The summed E-state index contributed by atoms with van der Waals surface area (Å²) in [5, 5.41) is 3.82. The molecule has 2 aromatic carbocycles. The van der Waals surface area contributed by atoms with Crippen LogP contribution in [0, 0.1) is 6.92 Å². The molecule has 0 fully saturated rings. The van der Waals surface area contributed by atoms with Crippen LogP contribution in [0.1, 0.15) is 26.3 Å². The van der Waals surface area contributed by atoms with Crippen molar-refractivity contribution in [2.75, 3.05) is 5.32 Å². The van der Waals surface area contributed by atoms with Crippen molar-refractivity contribution in [3.63, 3.8) is 0 Å². The van der Waals surface area contributed by atoms with Gasteiger partial charge in [-0.25, -0.2) is 4.79 Å². The standard InChI is InChI=1S/C20H21NO3/c1-13-11-15(21-19(22)24-20(2,3)4)9-10-16(13)18-12-14-7-5-6-8-17(14)23-18/h5-12H,1-4H3,(H,21,22). The Morgan fingerprint density at radius 1 is 1.08 bits per heavy atom. The van der Waals surface area contributed by atoms with E-state index in [4.69, 9.17) is 9.15 Å². The number of aryl methyl sites for hydroxylation is 1. The number of nitrogens with one attached hydrogen (secondary N) is 1. The molecule has 24 heavy (non-hydrogen) atoms. The fourth-order valence-electron chi connectivity index (χ4n) is 2.55. The highest BCUT2D eigenvalue weighted by atomic mass is 16.6. The second-order valence-corrected chi connectivity index (χ2v) is 6.81. The lowest BCUT2D eigenvalue weighted by atomic mass is 10.1. The smallest absolute Gasteiger partial charge is 0.412 e. The van der Waals surface area contributed by atoms with Crippen LogP contribution in [0.2, 0.25) is 0 Å². The maximum Gasteiger partial charge on any atom is 0.412 e. The SMILES string of the molecule is Cc1cc(NC(=O)OC(C)(C)C)ccc1-c1cc2ccccc2o1. The molecule has 0 aliphatic carbocycles. The molecule has 124 valence electrons. The van der Waals surface area contributed by atoms with Crippen molar-refractivity contribution in [1.82, 2.24) is 0 Å². The first-order valence-electron chi connectivity index (χ1n) is 7.91. The quantitative estimate of drug-likeness (QED) is 0.652. The summed E-state index contributed by atoms with van der Waals surface area (Å²) >= 11 is 0. The third kappa shape index (κ3) is 3.59. The predicted molar refractivity (Wildman–Crippen MR) is 96.2 cm³/mol. The van der Waals surface area contributed by atoms with Crippen LogP contribution in [-0.2, 0) is 4.74 Å². The van der Waals surface area contributed by atoms with Crippen molar-refractivity contribution >= 4 is 22.7 Å². The second-order valence-electron chi connectivity index (χ2n) is 6.81. The minimum absolute atomic E-state index is 0.460. The van der Waals surface area contributed by atoms with E-state index in [2.05, 4.69) is 5.32 Å². The highest BCUT2D eigenvalue weighted by Crippen LogP contribution is 2.31. The van der Waals surface area contributed by atoms with E-state index in [-0.39, 0.29) is 0 Å². The summed E-state index contributed by atoms with van der Waals surface area (Å²) in [5.41, 5.74) is 3.06. The fourth-order valence-corrected chi connectivity index (χ4v) is 2.55. The van der Waals surface area contributed by atoms with Crippen LogP contribution < -0.4 is 5.32 Å². The number of hydrogen-bond donors (Lipinski definition) is 1. The third-order valence-electron chi connectivity index (χ3n) is 3.56. The Labute approximate surface area is 141 Å². The summed E-state index contributed by atoms with van der Waals surface area (Å²) in [7, 11) is 0. The molecule has 0 aliphatic rings. The molecule has 3 aromatic rings. The molecular formula is C20H21NO3. The number of rotatable bonds is 2. The summed E-state index contributed by atoms with van der Waals surface area (Å²) in [6.45, 7) is 7.50. The molecular weight excluding hydrogens is 302 g/mol. The summed E-state index contributed by atoms with van der Waals surface area (Å²) in [6, 6.07) is 15.6. The lowest BCUT2D eigenvalue weighted by molar-refractivity contribution is 0.0636. The van der Waals surface area contributed by atoms with Gasteiger partial charge in [0.25, 0.3) is 0 Å². The minimum atomic E-state index is -0.520. The topological polar surface area (TPSA) is 51.5 Å². The Hall–Kier alpha value is -2.75. The molecule has 4 heteroatoms. The fraction of sp³-hybridized carbons (Fsp3) is 0.250. The van der Waals surface area contributed by atoms with E-state index in [1.54, 1.807) is 0 Å². The van der Waals surface area contributed by atoms with Gasteiger partial charge in [0.15, 0.2) is 0 Å². The zero-order valence-corrected chi connectivity index (χ0v) is 14.3. The van der Waals surface area contributed by atoms with Gasteiger partial charge in [-0.05, 0) is 63.6 Å². The Morgan fingerprint density at radius 2 is 1.83 bits per heavy atom. The minimum Gasteiger partial charge on any atom is -0.456 e. The van der Waals surface area contributed by atoms with Crippen molar-refractivity contribution in [3.8, 4) is 11.3 Å². The normalized spacial score (nSPS) is 11.5. The molecule has 1 aromatic heterocycles. The van der Waals surface area contributed by atoms with Gasteiger partial charge >= 0.3 is 6.09 Å². The number of carbonyl (C=O) groups excluding carboxylic acids is 1. The Balaban J connectivity index is 1.83. The monoisotopic (exact) mass is 323 g/mol. The number of hydrogen-bond acceptors (Lipinski definition) is 3. The molecule has 0 saturated heterocycles. The number of ether oxygens (including phenoxy) is 1. The third-order valence-corrected chi connectivity index (χ3v) is 3.56. The number of fused-ring (bicyclic) bond motifs is 1. The molecule has 0 saturated carbocycles. The maximum atomic E-state index is 11.9. The van der Waals surface area contributed by atoms with Gasteiger partial charge in [-0.15, -0.1) is 0 Å². The maximum absolute atomic E-state index is 11.9. The molecule has 4 nitrogen and oxygen atoms in total. The molecule has 1 amide bonds. The van der Waals surface area contributed by atoms with Gasteiger partial charge in [0, 0.05) is 16.6 Å². The van der Waals surface area contributed by atoms with Crippen LogP contribution in [0.4, 0.5) is 10.5 Å².